The van der Waals surface area contributed by atoms with E-state index in [2.05, 4.69) is 42.0 Å². The van der Waals surface area contributed by atoms with E-state index in [0.717, 1.165) is 10.7 Å². The monoisotopic (exact) mass is 359 g/mol. The summed E-state index contributed by atoms with van der Waals surface area (Å²) < 4.78 is 4.70. The van der Waals surface area contributed by atoms with Gasteiger partial charge in [-0.25, -0.2) is 19.6 Å². The molecule has 0 spiro atoms. The molecule has 0 aromatic carbocycles. The van der Waals surface area contributed by atoms with Gasteiger partial charge in [-0.05, 0) is 28.7 Å². The minimum atomic E-state index is 0.370. The van der Waals surface area contributed by atoms with Gasteiger partial charge in [0.05, 0.1) is 13.1 Å². The Hall–Kier alpha value is -2.59. The summed E-state index contributed by atoms with van der Waals surface area (Å²) in [6.07, 6.45) is 0. The van der Waals surface area contributed by atoms with Gasteiger partial charge < -0.3 is 10.6 Å². The first-order valence-electron chi connectivity index (χ1n) is 7.19. The zero-order valence-electron chi connectivity index (χ0n) is 12.7. The first-order chi connectivity index (χ1) is 11.8. The van der Waals surface area contributed by atoms with E-state index in [1.807, 2.05) is 23.8 Å². The van der Waals surface area contributed by atoms with Crippen molar-refractivity contribution >= 4 is 45.6 Å². The van der Waals surface area contributed by atoms with Gasteiger partial charge in [0, 0.05) is 16.0 Å². The SMILES string of the molecule is Cc1csc(CNc2nc3nonc3nc2NCc2cccs2)n1. The number of hydrogen-bond donors (Lipinski definition) is 2. The van der Waals surface area contributed by atoms with Crippen molar-refractivity contribution < 1.29 is 4.63 Å². The fraction of sp³-hybridized carbons (Fsp3) is 0.214. The molecule has 24 heavy (non-hydrogen) atoms. The predicted octanol–water partition coefficient (Wildman–Crippen LogP) is 3.06. The molecule has 4 aromatic heterocycles. The molecular formula is C14H13N7OS2. The number of anilines is 2. The number of thiazole rings is 1. The van der Waals surface area contributed by atoms with Crippen LogP contribution in [0.25, 0.3) is 11.3 Å². The van der Waals surface area contributed by atoms with Gasteiger partial charge in [-0.3, -0.25) is 0 Å². The topological polar surface area (TPSA) is 102 Å². The highest BCUT2D eigenvalue weighted by atomic mass is 32.1. The van der Waals surface area contributed by atoms with Gasteiger partial charge in [0.2, 0.25) is 11.3 Å². The maximum Gasteiger partial charge on any atom is 0.245 e. The first-order valence-corrected chi connectivity index (χ1v) is 8.95. The molecule has 4 rings (SSSR count). The molecule has 0 aliphatic rings. The molecule has 0 bridgehead atoms. The van der Waals surface area contributed by atoms with Crippen LogP contribution in [0.15, 0.2) is 27.5 Å². The number of hydrogen-bond acceptors (Lipinski definition) is 10. The first kappa shape index (κ1) is 15.0. The van der Waals surface area contributed by atoms with Crippen LogP contribution in [0.5, 0.6) is 0 Å². The summed E-state index contributed by atoms with van der Waals surface area (Å²) in [7, 11) is 0. The van der Waals surface area contributed by atoms with Crippen molar-refractivity contribution in [2.24, 2.45) is 0 Å². The fourth-order valence-corrected chi connectivity index (χ4v) is 3.47. The van der Waals surface area contributed by atoms with E-state index in [0.29, 0.717) is 36.0 Å². The molecule has 0 saturated carbocycles. The number of aromatic nitrogens is 5. The van der Waals surface area contributed by atoms with E-state index >= 15 is 0 Å². The number of aryl methyl sites for hydroxylation is 1. The molecule has 0 radical (unpaired) electrons. The smallest absolute Gasteiger partial charge is 0.245 e. The van der Waals surface area contributed by atoms with E-state index in [1.165, 1.54) is 4.88 Å². The standard InChI is InChI=1S/C14H13N7OS2/c1-8-7-24-10(17-8)6-16-12-11(15-5-9-3-2-4-23-9)18-13-14(19-12)21-22-20-13/h2-4,7H,5-6H2,1H3,(H,15,18,20)(H,16,19,21). The predicted molar refractivity (Wildman–Crippen MR) is 93.2 cm³/mol. The quantitative estimate of drug-likeness (QED) is 0.541. The Bertz CT molecular complexity index is 947. The molecule has 0 aliphatic carbocycles. The second-order valence-corrected chi connectivity index (χ2v) is 6.98. The normalized spacial score (nSPS) is 11.0. The van der Waals surface area contributed by atoms with Crippen molar-refractivity contribution in [2.45, 2.75) is 20.0 Å². The Labute approximate surface area is 144 Å². The van der Waals surface area contributed by atoms with Crippen LogP contribution in [0.3, 0.4) is 0 Å². The third-order valence-electron chi connectivity index (χ3n) is 3.20. The lowest BCUT2D eigenvalue weighted by atomic mass is 10.4. The molecule has 0 fully saturated rings. The number of nitrogens with zero attached hydrogens (tertiary/aromatic N) is 5. The molecule has 122 valence electrons. The van der Waals surface area contributed by atoms with Gasteiger partial charge in [-0.15, -0.1) is 22.7 Å². The molecule has 8 nitrogen and oxygen atoms in total. The second-order valence-electron chi connectivity index (χ2n) is 5.00. The highest BCUT2D eigenvalue weighted by Gasteiger charge is 2.13. The van der Waals surface area contributed by atoms with Crippen molar-refractivity contribution in [1.82, 2.24) is 25.3 Å². The summed E-state index contributed by atoms with van der Waals surface area (Å²) >= 11 is 3.28. The van der Waals surface area contributed by atoms with Crippen LogP contribution >= 0.6 is 22.7 Å². The van der Waals surface area contributed by atoms with E-state index in [1.54, 1.807) is 22.7 Å². The summed E-state index contributed by atoms with van der Waals surface area (Å²) in [6, 6.07) is 4.08. The second kappa shape index (κ2) is 6.49. The molecule has 10 heteroatoms. The lowest BCUT2D eigenvalue weighted by Crippen LogP contribution is -2.09. The van der Waals surface area contributed by atoms with Crippen LogP contribution in [0.2, 0.25) is 0 Å². The summed E-state index contributed by atoms with van der Waals surface area (Å²) in [5.41, 5.74) is 1.75. The van der Waals surface area contributed by atoms with Gasteiger partial charge >= 0.3 is 0 Å². The number of fused-ring (bicyclic) bond motifs is 1. The number of rotatable bonds is 6. The van der Waals surface area contributed by atoms with Gasteiger partial charge in [0.15, 0.2) is 11.6 Å². The average molecular weight is 359 g/mol. The summed E-state index contributed by atoms with van der Waals surface area (Å²) in [5, 5.41) is 19.1. The van der Waals surface area contributed by atoms with Crippen LogP contribution in [0.1, 0.15) is 15.6 Å². The maximum atomic E-state index is 4.70. The molecular weight excluding hydrogens is 346 g/mol. The van der Waals surface area contributed by atoms with Crippen LogP contribution in [-0.4, -0.2) is 25.3 Å². The van der Waals surface area contributed by atoms with Crippen molar-refractivity contribution in [3.63, 3.8) is 0 Å². The van der Waals surface area contributed by atoms with Crippen LogP contribution < -0.4 is 10.6 Å². The minimum Gasteiger partial charge on any atom is -0.362 e. The van der Waals surface area contributed by atoms with Crippen molar-refractivity contribution in [3.8, 4) is 0 Å². The van der Waals surface area contributed by atoms with Crippen LogP contribution in [0.4, 0.5) is 11.6 Å². The van der Waals surface area contributed by atoms with E-state index in [4.69, 9.17) is 4.63 Å². The van der Waals surface area contributed by atoms with E-state index < -0.39 is 0 Å². The molecule has 0 aliphatic heterocycles. The van der Waals surface area contributed by atoms with E-state index in [9.17, 15) is 0 Å². The Morgan fingerprint density at radius 3 is 2.38 bits per heavy atom. The largest absolute Gasteiger partial charge is 0.362 e. The summed E-state index contributed by atoms with van der Waals surface area (Å²) in [5.74, 6) is 1.21. The van der Waals surface area contributed by atoms with Gasteiger partial charge in [0.25, 0.3) is 0 Å². The molecule has 2 N–H and O–H groups in total. The van der Waals surface area contributed by atoms with Crippen molar-refractivity contribution in [1.29, 1.82) is 0 Å². The summed E-state index contributed by atoms with van der Waals surface area (Å²) in [4.78, 5) is 14.5. The Balaban J connectivity index is 1.57. The fourth-order valence-electron chi connectivity index (χ4n) is 2.11. The lowest BCUT2D eigenvalue weighted by molar-refractivity contribution is 0.314. The minimum absolute atomic E-state index is 0.370. The van der Waals surface area contributed by atoms with E-state index in [-0.39, 0.29) is 0 Å². The maximum absolute atomic E-state index is 4.70. The Kier molecular flexibility index (Phi) is 4.05. The Morgan fingerprint density at radius 2 is 1.75 bits per heavy atom. The highest BCUT2D eigenvalue weighted by Crippen LogP contribution is 2.22. The zero-order valence-corrected chi connectivity index (χ0v) is 14.3. The molecule has 0 atom stereocenters. The number of thiophene rings is 1. The third kappa shape index (κ3) is 3.19. The van der Waals surface area contributed by atoms with Gasteiger partial charge in [-0.1, -0.05) is 6.07 Å². The molecule has 4 heterocycles. The molecule has 4 aromatic rings. The zero-order chi connectivity index (χ0) is 16.4. The molecule has 0 saturated heterocycles. The third-order valence-corrected chi connectivity index (χ3v) is 5.04. The lowest BCUT2D eigenvalue weighted by Gasteiger charge is -2.10. The van der Waals surface area contributed by atoms with Crippen LogP contribution in [0, 0.1) is 6.92 Å². The Morgan fingerprint density at radius 1 is 1.00 bits per heavy atom. The average Bonchev–Trinajstić information content (AvgIpc) is 3.32. The van der Waals surface area contributed by atoms with Crippen LogP contribution in [-0.2, 0) is 13.1 Å². The van der Waals surface area contributed by atoms with Crippen molar-refractivity contribution in [2.75, 3.05) is 10.6 Å². The van der Waals surface area contributed by atoms with Gasteiger partial charge in [0.1, 0.15) is 5.01 Å². The molecule has 0 unspecified atom stereocenters. The highest BCUT2D eigenvalue weighted by molar-refractivity contribution is 7.10. The molecule has 0 amide bonds. The van der Waals surface area contributed by atoms with Gasteiger partial charge in [-0.2, -0.15) is 0 Å². The van der Waals surface area contributed by atoms with Crippen molar-refractivity contribution in [3.05, 3.63) is 38.5 Å². The number of nitrogens with one attached hydrogen (secondary N) is 2. The summed E-state index contributed by atoms with van der Waals surface area (Å²) in [6.45, 7) is 3.20.